The Kier molecular flexibility index (Phi) is 38.6. The zero-order valence-corrected chi connectivity index (χ0v) is 77.2. The SMILES string of the molecule is CC(C)C[C@H](N)[C@@H](O)N1CCC[C@H]1C(=O)N[C@H]1CSSC[C@@H](C(=O)N[C@@H](Cc2ccc(-c3ccccc3)cc2)C(=O)N[C@@H](CC(=O)OC(C)(C)C)[C@@H](O)NCc2cccc(CN)c2)NC(=O)[C@H](C(C)OC(C)(C)C)N[C@H](O)CNC(=O)[C@H](Cc2ccc(OC(C)(C)C)cc2)NC(=O)[C@H](Cc2ccc(OC(C)(C)C)cc2)NC(=O)[C@H](CC(=O)OC(C)(C)C)NC1=O. The molecule has 2 aliphatic rings. The molecule has 2 heterocycles. The summed E-state index contributed by atoms with van der Waals surface area (Å²) in [7, 11) is 1.86. The number of amides is 8. The summed E-state index contributed by atoms with van der Waals surface area (Å²) in [5, 5.41) is 64.2. The largest absolute Gasteiger partial charge is 0.488 e. The molecule has 33 heteroatoms. The van der Waals surface area contributed by atoms with Crippen LogP contribution in [0.4, 0.5) is 0 Å². The molecule has 14 atom stereocenters. The van der Waals surface area contributed by atoms with Crippen molar-refractivity contribution in [3.05, 3.63) is 155 Å². The van der Waals surface area contributed by atoms with Crippen LogP contribution in [0, 0.1) is 5.92 Å². The Morgan fingerprint density at radius 3 is 1.67 bits per heavy atom. The standard InChI is InChI=1S/C92H135N13O18S2/c1-54(2)42-65(94)87(118)105-41-23-28-73(105)85(116)102-71-52-124-125-53-72(84(115)99-68(45-56-29-35-62(36-30-56)61-26-20-19-21-27-61)81(112)100-69(47-75(107)122-91(13,14)15)79(110)95-50-60-25-22-24-59(43-60)49-93)103-86(117)77(55(3)119-88(4,5)6)104-74(106)51-96-78(109)66(44-57-31-37-63(38-32-57)120-89(7,8)9)97-80(111)67(46-58-33-39-64(40-34-58)121-90(10,11)12)98-82(113)70(101-83(71)114)48-76(108)123-92(16,17)18/h19-22,24-27,29-40,43,54-55,65-74,77,79,87,95,104,106,110,118H,23,28,41-42,44-53,93-94H2,1-18H3,(H,96,109)(H,97,111)(H,98,113)(H,99,115)(H,100,112)(H,101,114)(H,102,116)(H,103,117)/t55?,65-,66-,67-,68-,69-,70-,71-,72-,73-,74+,77-,79+,87+/m0/s1. The van der Waals surface area contributed by atoms with Crippen molar-refractivity contribution in [3.63, 3.8) is 0 Å². The Labute approximate surface area is 743 Å². The van der Waals surface area contributed by atoms with Crippen molar-refractivity contribution in [2.24, 2.45) is 17.4 Å². The number of likely N-dealkylation sites (tertiary alicyclic amines) is 1. The second kappa shape index (κ2) is 47.0. The van der Waals surface area contributed by atoms with Crippen molar-refractivity contribution in [2.45, 2.75) is 302 Å². The Balaban J connectivity index is 1.37. The van der Waals surface area contributed by atoms with Gasteiger partial charge in [0, 0.05) is 56.4 Å². The molecule has 0 spiro atoms. The molecule has 0 radical (unpaired) electrons. The van der Waals surface area contributed by atoms with Crippen molar-refractivity contribution in [2.75, 3.05) is 24.6 Å². The van der Waals surface area contributed by atoms with E-state index >= 15 is 38.4 Å². The molecule has 31 nitrogen and oxygen atoms in total. The topological polar surface area (TPSA) is 453 Å². The average Bonchev–Trinajstić information content (AvgIpc) is 1.82. The Hall–Kier alpha value is -9.26. The van der Waals surface area contributed by atoms with Crippen LogP contribution in [0.25, 0.3) is 11.1 Å². The summed E-state index contributed by atoms with van der Waals surface area (Å²) >= 11 is 0. The Bertz CT molecular complexity index is 4360. The van der Waals surface area contributed by atoms with Crippen LogP contribution in [0.3, 0.4) is 0 Å². The summed E-state index contributed by atoms with van der Waals surface area (Å²) in [4.78, 5) is 153. The molecule has 0 saturated carbocycles. The van der Waals surface area contributed by atoms with Crippen LogP contribution < -0.4 is 74.1 Å². The minimum absolute atomic E-state index is 0.0545. The number of aliphatic hydroxyl groups excluding tert-OH is 3. The summed E-state index contributed by atoms with van der Waals surface area (Å²) < 4.78 is 30.1. The van der Waals surface area contributed by atoms with Gasteiger partial charge in [0.15, 0.2) is 0 Å². The lowest BCUT2D eigenvalue weighted by Gasteiger charge is -2.33. The van der Waals surface area contributed by atoms with E-state index in [9.17, 15) is 24.9 Å². The lowest BCUT2D eigenvalue weighted by atomic mass is 9.99. The number of carbonyl (C=O) groups is 10. The molecule has 2 saturated heterocycles. The summed E-state index contributed by atoms with van der Waals surface area (Å²) in [5.74, 6) is -8.87. The molecular weight excluding hydrogens is 1640 g/mol. The fourth-order valence-electron chi connectivity index (χ4n) is 14.1. The average molecular weight is 1780 g/mol. The molecule has 2 aliphatic heterocycles. The van der Waals surface area contributed by atoms with E-state index < -0.39 is 198 Å². The van der Waals surface area contributed by atoms with E-state index in [-0.39, 0.29) is 57.0 Å². The Morgan fingerprint density at radius 1 is 0.576 bits per heavy atom. The number of nitrogens with two attached hydrogens (primary N) is 2. The lowest BCUT2D eigenvalue weighted by Crippen LogP contribution is -2.62. The van der Waals surface area contributed by atoms with Gasteiger partial charge in [0.05, 0.1) is 43.2 Å². The third-order valence-corrected chi connectivity index (χ3v) is 22.1. The predicted octanol–water partition coefficient (Wildman–Crippen LogP) is 6.31. The zero-order valence-electron chi connectivity index (χ0n) is 75.6. The fourth-order valence-corrected chi connectivity index (χ4v) is 16.5. The normalized spacial score (nSPS) is 21.4. The van der Waals surface area contributed by atoms with Crippen LogP contribution in [0.5, 0.6) is 11.5 Å². The van der Waals surface area contributed by atoms with Crippen molar-refractivity contribution in [3.8, 4) is 22.6 Å². The maximum atomic E-state index is 15.8. The molecule has 0 aromatic heterocycles. The quantitative estimate of drug-likeness (QED) is 0.0136. The van der Waals surface area contributed by atoms with Crippen LogP contribution in [0.2, 0.25) is 0 Å². The van der Waals surface area contributed by atoms with Crippen LogP contribution in [-0.4, -0.2) is 217 Å². The van der Waals surface area contributed by atoms with E-state index in [4.69, 9.17) is 35.2 Å². The first-order chi connectivity index (χ1) is 58.5. The first-order valence-electron chi connectivity index (χ1n) is 42.8. The first-order valence-corrected chi connectivity index (χ1v) is 45.2. The molecule has 17 N–H and O–H groups in total. The van der Waals surface area contributed by atoms with Crippen molar-refractivity contribution >= 4 is 80.8 Å². The highest BCUT2D eigenvalue weighted by atomic mass is 33.1. The molecule has 5 aromatic rings. The van der Waals surface area contributed by atoms with Crippen LogP contribution >= 0.6 is 21.6 Å². The molecule has 7 rings (SSSR count). The molecule has 1 unspecified atom stereocenters. The van der Waals surface area contributed by atoms with Gasteiger partial charge in [-0.25, -0.2) is 0 Å². The second-order valence-electron chi connectivity index (χ2n) is 37.3. The van der Waals surface area contributed by atoms with Crippen LogP contribution in [0.1, 0.15) is 185 Å². The summed E-state index contributed by atoms with van der Waals surface area (Å²) in [6.45, 7) is 31.6. The van der Waals surface area contributed by atoms with Gasteiger partial charge in [-0.1, -0.05) is 139 Å². The van der Waals surface area contributed by atoms with Gasteiger partial charge in [0.2, 0.25) is 47.3 Å². The monoisotopic (exact) mass is 1770 g/mol. The van der Waals surface area contributed by atoms with Crippen molar-refractivity contribution in [1.29, 1.82) is 0 Å². The fraction of sp³-hybridized carbons (Fsp3) is 0.565. The number of carbonyl (C=O) groups excluding carboxylic acids is 10. The lowest BCUT2D eigenvalue weighted by molar-refractivity contribution is -0.157. The number of aliphatic hydroxyl groups is 3. The van der Waals surface area contributed by atoms with E-state index in [1.165, 1.54) is 0 Å². The molecule has 125 heavy (non-hydrogen) atoms. The molecule has 2 fully saturated rings. The molecule has 0 bridgehead atoms. The summed E-state index contributed by atoms with van der Waals surface area (Å²) in [6.07, 6.45) is -6.88. The van der Waals surface area contributed by atoms with Crippen LogP contribution in [-0.2, 0) is 94.5 Å². The van der Waals surface area contributed by atoms with Crippen LogP contribution in [0.15, 0.2) is 127 Å². The molecule has 688 valence electrons. The minimum Gasteiger partial charge on any atom is -0.488 e. The van der Waals surface area contributed by atoms with E-state index in [0.717, 1.165) is 43.8 Å². The maximum Gasteiger partial charge on any atom is 0.308 e. The van der Waals surface area contributed by atoms with Gasteiger partial charge in [-0.3, -0.25) is 63.5 Å². The van der Waals surface area contributed by atoms with Gasteiger partial charge < -0.3 is 93.0 Å². The second-order valence-corrected chi connectivity index (χ2v) is 39.9. The highest BCUT2D eigenvalue weighted by Crippen LogP contribution is 2.29. The summed E-state index contributed by atoms with van der Waals surface area (Å²) in [6, 6.07) is 22.8. The van der Waals surface area contributed by atoms with Gasteiger partial charge in [0.1, 0.15) is 94.9 Å². The van der Waals surface area contributed by atoms with E-state index in [2.05, 4.69) is 53.2 Å². The highest BCUT2D eigenvalue weighted by molar-refractivity contribution is 8.76. The third-order valence-electron chi connectivity index (χ3n) is 19.7. The van der Waals surface area contributed by atoms with E-state index in [1.54, 1.807) is 147 Å². The molecule has 8 amide bonds. The smallest absolute Gasteiger partial charge is 0.308 e. The number of hydrogen-bond donors (Lipinski definition) is 15. The van der Waals surface area contributed by atoms with Gasteiger partial charge in [-0.15, -0.1) is 0 Å². The predicted molar refractivity (Wildman–Crippen MR) is 483 cm³/mol. The first kappa shape index (κ1) is 103. The highest BCUT2D eigenvalue weighted by Gasteiger charge is 2.42. The number of ether oxygens (including phenoxy) is 5. The third kappa shape index (κ3) is 36.2. The number of nitrogens with one attached hydrogen (secondary N) is 10. The van der Waals surface area contributed by atoms with E-state index in [1.807, 2.05) is 110 Å². The van der Waals surface area contributed by atoms with E-state index in [0.29, 0.717) is 41.0 Å². The minimum atomic E-state index is -1.87. The number of benzene rings is 5. The number of rotatable bonds is 30. The van der Waals surface area contributed by atoms with Gasteiger partial charge in [-0.05, 0) is 199 Å². The number of β-amino-alcohol motifs (C(OH)–C–C–N with tert-alkyl or cyclic N) is 1. The van der Waals surface area contributed by atoms with Gasteiger partial charge in [0.25, 0.3) is 0 Å². The van der Waals surface area contributed by atoms with Gasteiger partial charge >= 0.3 is 11.9 Å². The maximum absolute atomic E-state index is 15.8. The number of hydrogen-bond acceptors (Lipinski definition) is 25. The number of esters is 2. The Morgan fingerprint density at radius 2 is 1.11 bits per heavy atom. The van der Waals surface area contributed by atoms with Crippen molar-refractivity contribution < 1.29 is 86.9 Å². The molecule has 5 aromatic carbocycles. The molecule has 0 aliphatic carbocycles. The summed E-state index contributed by atoms with van der Waals surface area (Å²) in [5.41, 5.74) is 13.0. The number of nitrogens with zero attached hydrogens (tertiary/aromatic N) is 1. The molecular formula is C92H135N13O18S2. The zero-order chi connectivity index (χ0) is 92.5. The van der Waals surface area contributed by atoms with Crippen molar-refractivity contribution in [1.82, 2.24) is 58.1 Å². The van der Waals surface area contributed by atoms with Gasteiger partial charge in [-0.2, -0.15) is 0 Å².